The SMILES string of the molecule is C=CC(=C(C)C)C(C(=O)[O-])C(=O)[O-]. The van der Waals surface area contributed by atoms with Gasteiger partial charge in [0.15, 0.2) is 0 Å². The van der Waals surface area contributed by atoms with Crippen LogP contribution in [0.3, 0.4) is 0 Å². The van der Waals surface area contributed by atoms with Crippen LogP contribution in [0, 0.1) is 5.92 Å². The molecule has 13 heavy (non-hydrogen) atoms. The topological polar surface area (TPSA) is 80.3 Å². The van der Waals surface area contributed by atoms with E-state index in [1.807, 2.05) is 0 Å². The monoisotopic (exact) mass is 182 g/mol. The lowest BCUT2D eigenvalue weighted by Crippen LogP contribution is -2.44. The average Bonchev–Trinajstić information content (AvgIpc) is 1.97. The first-order chi connectivity index (χ1) is 5.91. The largest absolute Gasteiger partial charge is 0.549 e. The van der Waals surface area contributed by atoms with Gasteiger partial charge in [-0.1, -0.05) is 18.2 Å². The molecule has 0 radical (unpaired) electrons. The molecule has 0 amide bonds. The molecule has 0 atom stereocenters. The van der Waals surface area contributed by atoms with Crippen LogP contribution in [0.2, 0.25) is 0 Å². The van der Waals surface area contributed by atoms with E-state index in [1.54, 1.807) is 13.8 Å². The predicted molar refractivity (Wildman–Crippen MR) is 42.1 cm³/mol. The van der Waals surface area contributed by atoms with Gasteiger partial charge in [0.2, 0.25) is 0 Å². The second-order valence-electron chi connectivity index (χ2n) is 2.73. The van der Waals surface area contributed by atoms with E-state index < -0.39 is 17.9 Å². The standard InChI is InChI=1S/C9H12O4/c1-4-6(5(2)3)7(8(10)11)9(12)13/h4,7H,1H2,2-3H3,(H,10,11)(H,12,13)/p-2. The molecule has 0 saturated heterocycles. The zero-order valence-corrected chi connectivity index (χ0v) is 7.49. The van der Waals surface area contributed by atoms with Gasteiger partial charge in [0, 0.05) is 0 Å². The molecule has 0 aromatic heterocycles. The normalized spacial score (nSPS) is 9.46. The van der Waals surface area contributed by atoms with Gasteiger partial charge in [-0.3, -0.25) is 0 Å². The smallest absolute Gasteiger partial charge is 0.0631 e. The second kappa shape index (κ2) is 4.45. The van der Waals surface area contributed by atoms with Crippen LogP contribution in [-0.2, 0) is 9.59 Å². The van der Waals surface area contributed by atoms with Gasteiger partial charge in [-0.2, -0.15) is 0 Å². The van der Waals surface area contributed by atoms with Crippen molar-refractivity contribution >= 4 is 11.9 Å². The molecule has 0 bridgehead atoms. The predicted octanol–water partition coefficient (Wildman–Crippen LogP) is -1.38. The van der Waals surface area contributed by atoms with Crippen LogP contribution in [-0.4, -0.2) is 11.9 Å². The Morgan fingerprint density at radius 2 is 1.62 bits per heavy atom. The third-order valence-corrected chi connectivity index (χ3v) is 1.58. The van der Waals surface area contributed by atoms with E-state index in [9.17, 15) is 19.8 Å². The molecule has 0 saturated carbocycles. The fraction of sp³-hybridized carbons (Fsp3) is 0.333. The van der Waals surface area contributed by atoms with Crippen molar-refractivity contribution in [2.24, 2.45) is 5.92 Å². The van der Waals surface area contributed by atoms with E-state index in [0.29, 0.717) is 5.57 Å². The van der Waals surface area contributed by atoms with Crippen molar-refractivity contribution in [3.8, 4) is 0 Å². The van der Waals surface area contributed by atoms with Crippen molar-refractivity contribution in [2.45, 2.75) is 13.8 Å². The van der Waals surface area contributed by atoms with Crippen LogP contribution in [0.1, 0.15) is 13.8 Å². The number of carbonyl (C=O) groups is 2. The summed E-state index contributed by atoms with van der Waals surface area (Å²) in [6, 6.07) is 0. The van der Waals surface area contributed by atoms with Gasteiger partial charge in [0.05, 0.1) is 17.9 Å². The summed E-state index contributed by atoms with van der Waals surface area (Å²) in [5.41, 5.74) is 0.674. The minimum absolute atomic E-state index is 0.111. The van der Waals surface area contributed by atoms with Gasteiger partial charge in [-0.15, -0.1) is 0 Å². The molecule has 72 valence electrons. The summed E-state index contributed by atoms with van der Waals surface area (Å²) in [6.45, 7) is 6.51. The number of hydrogen-bond acceptors (Lipinski definition) is 4. The number of aliphatic carboxylic acids is 2. The first-order valence-corrected chi connectivity index (χ1v) is 3.63. The Bertz CT molecular complexity index is 257. The maximum absolute atomic E-state index is 10.4. The highest BCUT2D eigenvalue weighted by Gasteiger charge is 2.15. The molecule has 0 N–H and O–H groups in total. The number of hydrogen-bond donors (Lipinski definition) is 0. The van der Waals surface area contributed by atoms with E-state index >= 15 is 0 Å². The summed E-state index contributed by atoms with van der Waals surface area (Å²) in [5.74, 6) is -5.10. The molecule has 0 aromatic carbocycles. The molecular formula is C9H10O4-2. The molecule has 0 aromatic rings. The third-order valence-electron chi connectivity index (χ3n) is 1.58. The molecule has 0 heterocycles. The van der Waals surface area contributed by atoms with Gasteiger partial charge in [0.1, 0.15) is 0 Å². The molecule has 0 aliphatic heterocycles. The fourth-order valence-electron chi connectivity index (χ4n) is 0.961. The number of carboxylic acid groups (broad SMARTS) is 2. The van der Waals surface area contributed by atoms with E-state index in [4.69, 9.17) is 0 Å². The fourth-order valence-corrected chi connectivity index (χ4v) is 0.961. The highest BCUT2D eigenvalue weighted by atomic mass is 16.4. The van der Waals surface area contributed by atoms with Gasteiger partial charge in [-0.25, -0.2) is 0 Å². The number of allylic oxidation sites excluding steroid dienone is 2. The summed E-state index contributed by atoms with van der Waals surface area (Å²) in [6.07, 6.45) is 1.19. The quantitative estimate of drug-likeness (QED) is 0.396. The maximum atomic E-state index is 10.4. The Balaban J connectivity index is 5.17. The Morgan fingerprint density at radius 1 is 1.23 bits per heavy atom. The highest BCUT2D eigenvalue weighted by Crippen LogP contribution is 2.15. The van der Waals surface area contributed by atoms with E-state index in [-0.39, 0.29) is 5.57 Å². The zero-order valence-electron chi connectivity index (χ0n) is 7.49. The number of rotatable bonds is 4. The summed E-state index contributed by atoms with van der Waals surface area (Å²) >= 11 is 0. The van der Waals surface area contributed by atoms with Crippen LogP contribution in [0.25, 0.3) is 0 Å². The second-order valence-corrected chi connectivity index (χ2v) is 2.73. The molecule has 0 unspecified atom stereocenters. The number of carboxylic acids is 2. The molecular weight excluding hydrogens is 172 g/mol. The van der Waals surface area contributed by atoms with Crippen molar-refractivity contribution in [1.82, 2.24) is 0 Å². The van der Waals surface area contributed by atoms with E-state index in [0.717, 1.165) is 0 Å². The lowest BCUT2D eigenvalue weighted by atomic mass is 9.95. The van der Waals surface area contributed by atoms with Crippen LogP contribution in [0.15, 0.2) is 23.8 Å². The van der Waals surface area contributed by atoms with Crippen molar-refractivity contribution in [2.75, 3.05) is 0 Å². The van der Waals surface area contributed by atoms with Gasteiger partial charge >= 0.3 is 0 Å². The van der Waals surface area contributed by atoms with Crippen LogP contribution >= 0.6 is 0 Å². The Hall–Kier alpha value is -1.58. The van der Waals surface area contributed by atoms with E-state index in [1.165, 1.54) is 6.08 Å². The summed E-state index contributed by atoms with van der Waals surface area (Å²) in [5, 5.41) is 20.9. The first kappa shape index (κ1) is 11.4. The minimum Gasteiger partial charge on any atom is -0.549 e. The van der Waals surface area contributed by atoms with Crippen LogP contribution in [0.4, 0.5) is 0 Å². The van der Waals surface area contributed by atoms with E-state index in [2.05, 4.69) is 6.58 Å². The lowest BCUT2D eigenvalue weighted by molar-refractivity contribution is -0.329. The van der Waals surface area contributed by atoms with Crippen molar-refractivity contribution in [3.63, 3.8) is 0 Å². The molecule has 0 aliphatic rings. The molecule has 0 fully saturated rings. The van der Waals surface area contributed by atoms with Crippen LogP contribution in [0.5, 0.6) is 0 Å². The van der Waals surface area contributed by atoms with Crippen molar-refractivity contribution in [3.05, 3.63) is 23.8 Å². The maximum Gasteiger partial charge on any atom is 0.0631 e. The molecule has 0 aliphatic carbocycles. The molecule has 4 heteroatoms. The summed E-state index contributed by atoms with van der Waals surface area (Å²) in [4.78, 5) is 20.9. The number of carbonyl (C=O) groups excluding carboxylic acids is 2. The summed E-state index contributed by atoms with van der Waals surface area (Å²) in [7, 11) is 0. The molecule has 4 nitrogen and oxygen atoms in total. The van der Waals surface area contributed by atoms with Gasteiger partial charge in [0.25, 0.3) is 0 Å². The van der Waals surface area contributed by atoms with Gasteiger partial charge in [-0.05, 0) is 19.4 Å². The summed E-state index contributed by atoms with van der Waals surface area (Å²) < 4.78 is 0. The Labute approximate surface area is 76.2 Å². The highest BCUT2D eigenvalue weighted by molar-refractivity contribution is 5.95. The molecule has 0 rings (SSSR count). The zero-order chi connectivity index (χ0) is 10.6. The Morgan fingerprint density at radius 3 is 1.69 bits per heavy atom. The molecule has 0 spiro atoms. The van der Waals surface area contributed by atoms with Crippen LogP contribution < -0.4 is 10.2 Å². The van der Waals surface area contributed by atoms with Crippen molar-refractivity contribution < 1.29 is 19.8 Å². The van der Waals surface area contributed by atoms with Crippen molar-refractivity contribution in [1.29, 1.82) is 0 Å². The average molecular weight is 182 g/mol. The van der Waals surface area contributed by atoms with Gasteiger partial charge < -0.3 is 19.8 Å². The minimum atomic E-state index is -1.73. The Kier molecular flexibility index (Phi) is 3.91. The lowest BCUT2D eigenvalue weighted by Gasteiger charge is -2.21. The third kappa shape index (κ3) is 2.74. The first-order valence-electron chi connectivity index (χ1n) is 3.63.